The molecule has 24 heavy (non-hydrogen) atoms. The van der Waals surface area contributed by atoms with Gasteiger partial charge in [-0.3, -0.25) is 14.4 Å². The van der Waals surface area contributed by atoms with E-state index >= 15 is 0 Å². The lowest BCUT2D eigenvalue weighted by atomic mass is 9.80. The van der Waals surface area contributed by atoms with E-state index in [9.17, 15) is 14.4 Å². The molecule has 3 fully saturated rings. The number of ketones is 1. The highest BCUT2D eigenvalue weighted by Crippen LogP contribution is 2.58. The van der Waals surface area contributed by atoms with Crippen LogP contribution >= 0.6 is 11.6 Å². The van der Waals surface area contributed by atoms with Crippen molar-refractivity contribution in [2.24, 2.45) is 23.7 Å². The van der Waals surface area contributed by atoms with E-state index in [2.05, 4.69) is 0 Å². The zero-order valence-electron chi connectivity index (χ0n) is 12.9. The van der Waals surface area contributed by atoms with Gasteiger partial charge in [0.1, 0.15) is 6.10 Å². The monoisotopic (exact) mass is 348 g/mol. The number of benzene rings is 1. The van der Waals surface area contributed by atoms with Gasteiger partial charge in [0.05, 0.1) is 17.7 Å². The van der Waals surface area contributed by atoms with Crippen molar-refractivity contribution in [3.05, 3.63) is 35.9 Å². The molecule has 6 heteroatoms. The molecule has 5 nitrogen and oxygen atoms in total. The molecule has 0 N–H and O–H groups in total. The Hall–Kier alpha value is -1.88. The van der Waals surface area contributed by atoms with Crippen molar-refractivity contribution in [3.8, 4) is 0 Å². The molecule has 1 aromatic rings. The van der Waals surface area contributed by atoms with Gasteiger partial charge in [0.25, 0.3) is 0 Å². The molecule has 4 rings (SSSR count). The first kappa shape index (κ1) is 15.6. The van der Waals surface area contributed by atoms with Crippen molar-refractivity contribution in [3.63, 3.8) is 0 Å². The minimum Gasteiger partial charge on any atom is -0.462 e. The maximum Gasteiger partial charge on any atom is 0.310 e. The molecule has 1 aliphatic heterocycles. The molecule has 1 heterocycles. The third-order valence-corrected chi connectivity index (χ3v) is 5.78. The number of rotatable bonds is 5. The second-order valence-electron chi connectivity index (χ2n) is 6.73. The zero-order valence-corrected chi connectivity index (χ0v) is 13.6. The lowest BCUT2D eigenvalue weighted by Gasteiger charge is -2.24. The summed E-state index contributed by atoms with van der Waals surface area (Å²) in [6.45, 7) is 0. The van der Waals surface area contributed by atoms with E-state index in [4.69, 9.17) is 21.1 Å². The van der Waals surface area contributed by atoms with E-state index in [1.54, 1.807) is 30.3 Å². The highest BCUT2D eigenvalue weighted by atomic mass is 35.5. The number of ether oxygens (including phenoxy) is 2. The fourth-order valence-electron chi connectivity index (χ4n) is 4.49. The van der Waals surface area contributed by atoms with Gasteiger partial charge in [-0.05, 0) is 18.8 Å². The summed E-state index contributed by atoms with van der Waals surface area (Å²) >= 11 is 5.86. The van der Waals surface area contributed by atoms with Gasteiger partial charge in [0.15, 0.2) is 6.10 Å². The molecule has 0 amide bonds. The average molecular weight is 349 g/mol. The van der Waals surface area contributed by atoms with Crippen LogP contribution in [0.25, 0.3) is 0 Å². The lowest BCUT2D eigenvalue weighted by Crippen LogP contribution is -2.38. The molecular formula is C18H17ClO5. The summed E-state index contributed by atoms with van der Waals surface area (Å²) in [6.07, 6.45) is 0.462. The molecule has 0 spiro atoms. The number of Topliss-reactive ketones (excluding diaryl/α,β-unsaturated/α-hetero) is 1. The Morgan fingerprint density at radius 1 is 1.25 bits per heavy atom. The van der Waals surface area contributed by atoms with Gasteiger partial charge in [-0.1, -0.05) is 30.3 Å². The maximum atomic E-state index is 12.6. The van der Waals surface area contributed by atoms with Gasteiger partial charge in [0, 0.05) is 11.5 Å². The Kier molecular flexibility index (Phi) is 3.83. The van der Waals surface area contributed by atoms with Gasteiger partial charge < -0.3 is 9.47 Å². The fraction of sp³-hybridized carbons (Fsp3) is 0.500. The number of fused-ring (bicyclic) bond motifs is 1. The van der Waals surface area contributed by atoms with Crippen LogP contribution in [0.4, 0.5) is 0 Å². The molecule has 1 saturated heterocycles. The summed E-state index contributed by atoms with van der Waals surface area (Å²) in [6, 6.07) is 8.60. The molecule has 2 bridgehead atoms. The van der Waals surface area contributed by atoms with Crippen LogP contribution in [0.15, 0.2) is 30.3 Å². The van der Waals surface area contributed by atoms with Gasteiger partial charge in [0.2, 0.25) is 5.78 Å². The Bertz CT molecular complexity index is 686. The Morgan fingerprint density at radius 2 is 2.00 bits per heavy atom. The predicted octanol–water partition coefficient (Wildman–Crippen LogP) is 2.22. The van der Waals surface area contributed by atoms with Crippen LogP contribution in [-0.2, 0) is 19.1 Å². The minimum absolute atomic E-state index is 0.0358. The standard InChI is InChI=1S/C18H17ClO5/c19-8-13(16(20)9-4-2-1-3-5-9)24-17(21)14-10-6-11-12(7-10)23-18(22)15(11)14/h1-5,10-15H,6-8H2/t10-,11+,12+,13+,14-,15+/m1/s1. The second kappa shape index (κ2) is 5.88. The van der Waals surface area contributed by atoms with Crippen LogP contribution in [0.1, 0.15) is 23.2 Å². The molecule has 126 valence electrons. The normalized spacial score (nSPS) is 34.0. The van der Waals surface area contributed by atoms with Crippen LogP contribution in [-0.4, -0.2) is 35.8 Å². The van der Waals surface area contributed by atoms with Gasteiger partial charge in [-0.15, -0.1) is 11.6 Å². The number of carbonyl (C=O) groups is 3. The summed E-state index contributed by atoms with van der Waals surface area (Å²) in [5.74, 6) is -1.93. The van der Waals surface area contributed by atoms with Crippen LogP contribution < -0.4 is 0 Å². The molecule has 0 unspecified atom stereocenters. The van der Waals surface area contributed by atoms with Crippen molar-refractivity contribution in [1.29, 1.82) is 0 Å². The Morgan fingerprint density at radius 3 is 2.71 bits per heavy atom. The number of hydrogen-bond donors (Lipinski definition) is 0. The largest absolute Gasteiger partial charge is 0.462 e. The predicted molar refractivity (Wildman–Crippen MR) is 84.4 cm³/mol. The van der Waals surface area contributed by atoms with Crippen LogP contribution in [0.2, 0.25) is 0 Å². The van der Waals surface area contributed by atoms with Gasteiger partial charge in [-0.25, -0.2) is 0 Å². The smallest absolute Gasteiger partial charge is 0.310 e. The molecule has 0 radical (unpaired) electrons. The van der Waals surface area contributed by atoms with E-state index in [0.29, 0.717) is 12.0 Å². The van der Waals surface area contributed by atoms with E-state index < -0.39 is 23.9 Å². The lowest BCUT2D eigenvalue weighted by molar-refractivity contribution is -0.157. The van der Waals surface area contributed by atoms with Gasteiger partial charge in [-0.2, -0.15) is 0 Å². The third-order valence-electron chi connectivity index (χ3n) is 5.50. The Balaban J connectivity index is 1.49. The average Bonchev–Trinajstić information content (AvgIpc) is 3.21. The van der Waals surface area contributed by atoms with Crippen LogP contribution in [0.3, 0.4) is 0 Å². The Labute approximate surface area is 144 Å². The topological polar surface area (TPSA) is 69.7 Å². The molecule has 3 aliphatic rings. The number of hydrogen-bond acceptors (Lipinski definition) is 5. The summed E-state index contributed by atoms with van der Waals surface area (Å²) < 4.78 is 10.8. The van der Waals surface area contributed by atoms with Crippen molar-refractivity contribution in [1.82, 2.24) is 0 Å². The van der Waals surface area contributed by atoms with Crippen molar-refractivity contribution in [2.75, 3.05) is 5.88 Å². The number of esters is 2. The number of alkyl halides is 1. The summed E-state index contributed by atoms with van der Waals surface area (Å²) in [5, 5.41) is 0. The summed E-state index contributed by atoms with van der Waals surface area (Å²) in [5.41, 5.74) is 0.448. The molecule has 2 saturated carbocycles. The highest BCUT2D eigenvalue weighted by molar-refractivity contribution is 6.21. The van der Waals surface area contributed by atoms with Crippen LogP contribution in [0, 0.1) is 23.7 Å². The van der Waals surface area contributed by atoms with E-state index in [1.165, 1.54) is 0 Å². The summed E-state index contributed by atoms with van der Waals surface area (Å²) in [7, 11) is 0. The van der Waals surface area contributed by atoms with E-state index in [0.717, 1.165) is 6.42 Å². The van der Waals surface area contributed by atoms with Gasteiger partial charge >= 0.3 is 11.9 Å². The van der Waals surface area contributed by atoms with Crippen LogP contribution in [0.5, 0.6) is 0 Å². The molecule has 1 aromatic carbocycles. The highest BCUT2D eigenvalue weighted by Gasteiger charge is 2.64. The maximum absolute atomic E-state index is 12.6. The third kappa shape index (κ3) is 2.34. The number of carbonyl (C=O) groups excluding carboxylic acids is 3. The molecule has 0 aromatic heterocycles. The molecule has 6 atom stereocenters. The minimum atomic E-state index is -1.03. The first-order valence-electron chi connectivity index (χ1n) is 8.16. The quantitative estimate of drug-likeness (QED) is 0.463. The van der Waals surface area contributed by atoms with E-state index in [-0.39, 0.29) is 35.6 Å². The number of halogens is 1. The molecular weight excluding hydrogens is 332 g/mol. The first-order valence-corrected chi connectivity index (χ1v) is 8.70. The second-order valence-corrected chi connectivity index (χ2v) is 7.04. The molecule has 2 aliphatic carbocycles. The zero-order chi connectivity index (χ0) is 16.8. The first-order chi connectivity index (χ1) is 11.6. The van der Waals surface area contributed by atoms with E-state index in [1.807, 2.05) is 0 Å². The van der Waals surface area contributed by atoms with Crippen molar-refractivity contribution < 1.29 is 23.9 Å². The SMILES string of the molecule is O=C(O[C@@H](CCl)C(=O)c1ccccc1)[C@@H]1[C@@H]2C[C@@H]3[C@@H]1C(=O)O[C@H]3C2. The summed E-state index contributed by atoms with van der Waals surface area (Å²) in [4.78, 5) is 37.1. The van der Waals surface area contributed by atoms with Crippen molar-refractivity contribution >= 4 is 29.3 Å². The fourth-order valence-corrected chi connectivity index (χ4v) is 4.69. The van der Waals surface area contributed by atoms with Crippen molar-refractivity contribution in [2.45, 2.75) is 25.0 Å².